The van der Waals surface area contributed by atoms with Gasteiger partial charge in [-0.2, -0.15) is 0 Å². The van der Waals surface area contributed by atoms with Gasteiger partial charge in [-0.1, -0.05) is 142 Å². The van der Waals surface area contributed by atoms with Gasteiger partial charge in [-0.15, -0.1) is 0 Å². The summed E-state index contributed by atoms with van der Waals surface area (Å²) in [6.45, 7) is 7.34. The number of aromatic hydroxyl groups is 1. The average Bonchev–Trinajstić information content (AvgIpc) is 3.10. The zero-order chi connectivity index (χ0) is 35.9. The zero-order valence-corrected chi connectivity index (χ0v) is 32.0. The standard InChI is InChI=1S/C41H63O8P/c1-4-7-9-11-13-15-17-19-21-23-29-47-50(44,48-30-24-22-20-18-16-14-12-10-8-5-2)49-35-27-25-34(26-28-35)37-33-46-39-32-36(45-6-3)31-38(42)40(39)41(37)43/h25-28,31-33,42H,4-24,29-30H2,1-3H3. The molecule has 0 saturated carbocycles. The van der Waals surface area contributed by atoms with Crippen molar-refractivity contribution >= 4 is 18.8 Å². The molecule has 0 atom stereocenters. The molecule has 3 rings (SSSR count). The largest absolute Gasteiger partial charge is 0.530 e. The highest BCUT2D eigenvalue weighted by molar-refractivity contribution is 7.48. The van der Waals surface area contributed by atoms with Gasteiger partial charge in [0, 0.05) is 12.1 Å². The van der Waals surface area contributed by atoms with E-state index < -0.39 is 7.82 Å². The lowest BCUT2D eigenvalue weighted by Gasteiger charge is -2.19. The van der Waals surface area contributed by atoms with E-state index >= 15 is 0 Å². The Bertz CT molecular complexity index is 1420. The Balaban J connectivity index is 1.55. The highest BCUT2D eigenvalue weighted by Crippen LogP contribution is 2.50. The molecule has 50 heavy (non-hydrogen) atoms. The summed E-state index contributed by atoms with van der Waals surface area (Å²) in [5, 5.41) is 10.6. The molecule has 1 N–H and O–H groups in total. The molecular formula is C41H63O8P. The van der Waals surface area contributed by atoms with Gasteiger partial charge in [0.1, 0.15) is 34.5 Å². The minimum atomic E-state index is -3.87. The number of phenolic OH excluding ortho intramolecular Hbond substituents is 1. The summed E-state index contributed by atoms with van der Waals surface area (Å²) in [5.74, 6) is 0.532. The molecule has 3 aromatic rings. The van der Waals surface area contributed by atoms with Crippen LogP contribution in [-0.2, 0) is 13.6 Å². The molecular weight excluding hydrogens is 651 g/mol. The quantitative estimate of drug-likeness (QED) is 0.0560. The van der Waals surface area contributed by atoms with Gasteiger partial charge in [0.2, 0.25) is 5.43 Å². The Labute approximate surface area is 300 Å². The number of hydrogen-bond donors (Lipinski definition) is 1. The van der Waals surface area contributed by atoms with E-state index in [4.69, 9.17) is 22.7 Å². The third kappa shape index (κ3) is 15.2. The van der Waals surface area contributed by atoms with E-state index in [1.54, 1.807) is 30.3 Å². The fourth-order valence-corrected chi connectivity index (χ4v) is 7.37. The van der Waals surface area contributed by atoms with Gasteiger partial charge in [-0.25, -0.2) is 4.57 Å². The molecule has 9 heteroatoms. The Morgan fingerprint density at radius 3 is 1.60 bits per heavy atom. The number of phenols is 1. The second kappa shape index (κ2) is 24.4. The molecule has 0 amide bonds. The first-order valence-corrected chi connectivity index (χ1v) is 21.0. The van der Waals surface area contributed by atoms with Crippen molar-refractivity contribution in [1.29, 1.82) is 0 Å². The minimum Gasteiger partial charge on any atom is -0.507 e. The van der Waals surface area contributed by atoms with E-state index in [0.29, 0.717) is 36.9 Å². The van der Waals surface area contributed by atoms with Crippen LogP contribution in [0.15, 0.2) is 51.9 Å². The average molecular weight is 715 g/mol. The monoisotopic (exact) mass is 714 g/mol. The first-order valence-electron chi connectivity index (χ1n) is 19.5. The third-order valence-corrected chi connectivity index (χ3v) is 10.5. The molecule has 0 aliphatic carbocycles. The van der Waals surface area contributed by atoms with Crippen molar-refractivity contribution < 1.29 is 32.4 Å². The summed E-state index contributed by atoms with van der Waals surface area (Å²) in [6.07, 6.45) is 25.3. The molecule has 0 bridgehead atoms. The van der Waals surface area contributed by atoms with Gasteiger partial charge in [0.15, 0.2) is 0 Å². The number of phosphoric acid groups is 1. The van der Waals surface area contributed by atoms with Gasteiger partial charge in [0.25, 0.3) is 0 Å². The fourth-order valence-electron chi connectivity index (χ4n) is 6.10. The molecule has 0 aliphatic rings. The van der Waals surface area contributed by atoms with Crippen LogP contribution in [0.5, 0.6) is 17.2 Å². The lowest BCUT2D eigenvalue weighted by Crippen LogP contribution is -2.06. The zero-order valence-electron chi connectivity index (χ0n) is 31.1. The van der Waals surface area contributed by atoms with Gasteiger partial charge in [0.05, 0.1) is 25.4 Å². The molecule has 1 aromatic heterocycles. The lowest BCUT2D eigenvalue weighted by atomic mass is 10.0. The van der Waals surface area contributed by atoms with Crippen LogP contribution in [0, 0.1) is 0 Å². The van der Waals surface area contributed by atoms with Gasteiger partial charge in [-0.3, -0.25) is 13.8 Å². The Morgan fingerprint density at radius 1 is 0.640 bits per heavy atom. The fraction of sp³-hybridized carbons (Fsp3) is 0.634. The summed E-state index contributed by atoms with van der Waals surface area (Å²) >= 11 is 0. The van der Waals surface area contributed by atoms with Crippen molar-refractivity contribution in [3.05, 3.63) is 52.9 Å². The third-order valence-electron chi connectivity index (χ3n) is 9.02. The van der Waals surface area contributed by atoms with Gasteiger partial charge in [-0.05, 0) is 37.5 Å². The molecule has 0 aliphatic heterocycles. The number of fused-ring (bicyclic) bond motifs is 1. The van der Waals surface area contributed by atoms with Crippen molar-refractivity contribution in [2.24, 2.45) is 0 Å². The molecule has 0 unspecified atom stereocenters. The van der Waals surface area contributed by atoms with E-state index in [9.17, 15) is 14.5 Å². The van der Waals surface area contributed by atoms with Crippen LogP contribution in [0.1, 0.15) is 149 Å². The second-order valence-electron chi connectivity index (χ2n) is 13.3. The molecule has 0 fully saturated rings. The first-order chi connectivity index (χ1) is 24.4. The molecule has 2 aromatic carbocycles. The second-order valence-corrected chi connectivity index (χ2v) is 14.9. The summed E-state index contributed by atoms with van der Waals surface area (Å²) < 4.78 is 42.5. The normalized spacial score (nSPS) is 11.7. The number of ether oxygens (including phenoxy) is 1. The van der Waals surface area contributed by atoms with E-state index in [0.717, 1.165) is 38.5 Å². The summed E-state index contributed by atoms with van der Waals surface area (Å²) in [5.41, 5.74) is 0.711. The molecule has 0 saturated heterocycles. The van der Waals surface area contributed by atoms with Crippen LogP contribution >= 0.6 is 7.82 Å². The highest BCUT2D eigenvalue weighted by atomic mass is 31.2. The molecule has 0 spiro atoms. The van der Waals surface area contributed by atoms with E-state index in [2.05, 4.69) is 13.8 Å². The highest BCUT2D eigenvalue weighted by Gasteiger charge is 2.28. The number of hydrogen-bond acceptors (Lipinski definition) is 8. The SMILES string of the molecule is CCCCCCCCCCCCOP(=O)(OCCCCCCCCCCCC)Oc1ccc(-c2coc3cc(OCC)cc(O)c3c2=O)cc1. The maximum absolute atomic E-state index is 13.8. The van der Waals surface area contributed by atoms with Crippen molar-refractivity contribution in [3.8, 4) is 28.4 Å². The molecule has 0 radical (unpaired) electrons. The number of benzene rings is 2. The van der Waals surface area contributed by atoms with Gasteiger partial charge < -0.3 is 18.8 Å². The predicted octanol–water partition coefficient (Wildman–Crippen LogP) is 12.9. The molecule has 8 nitrogen and oxygen atoms in total. The van der Waals surface area contributed by atoms with Crippen molar-refractivity contribution in [2.75, 3.05) is 19.8 Å². The van der Waals surface area contributed by atoms with Crippen LogP contribution in [0.25, 0.3) is 22.1 Å². The first kappa shape index (κ1) is 41.6. The summed E-state index contributed by atoms with van der Waals surface area (Å²) in [6, 6.07) is 9.65. The maximum atomic E-state index is 13.8. The topological polar surface area (TPSA) is 104 Å². The Hall–Kier alpha value is -2.80. The maximum Gasteiger partial charge on any atom is 0.530 e. The number of phosphoric ester groups is 1. The smallest absolute Gasteiger partial charge is 0.507 e. The minimum absolute atomic E-state index is 0.0801. The van der Waals surface area contributed by atoms with Crippen LogP contribution in [0.3, 0.4) is 0 Å². The Morgan fingerprint density at radius 2 is 1.12 bits per heavy atom. The number of rotatable bonds is 29. The predicted molar refractivity (Wildman–Crippen MR) is 205 cm³/mol. The van der Waals surface area contributed by atoms with Crippen molar-refractivity contribution in [2.45, 2.75) is 149 Å². The van der Waals surface area contributed by atoms with Crippen LogP contribution in [-0.4, -0.2) is 24.9 Å². The summed E-state index contributed by atoms with van der Waals surface area (Å²) in [7, 11) is -3.87. The number of unbranched alkanes of at least 4 members (excludes halogenated alkanes) is 18. The van der Waals surface area contributed by atoms with Crippen LogP contribution in [0.2, 0.25) is 0 Å². The van der Waals surface area contributed by atoms with Crippen molar-refractivity contribution in [1.82, 2.24) is 0 Å². The Kier molecular flexibility index (Phi) is 20.3. The van der Waals surface area contributed by atoms with Gasteiger partial charge >= 0.3 is 7.82 Å². The van der Waals surface area contributed by atoms with Crippen molar-refractivity contribution in [3.63, 3.8) is 0 Å². The van der Waals surface area contributed by atoms with E-state index in [1.807, 2.05) is 6.92 Å². The van der Waals surface area contributed by atoms with Crippen LogP contribution in [0.4, 0.5) is 0 Å². The lowest BCUT2D eigenvalue weighted by molar-refractivity contribution is 0.150. The van der Waals surface area contributed by atoms with E-state index in [1.165, 1.54) is 102 Å². The van der Waals surface area contributed by atoms with E-state index in [-0.39, 0.29) is 27.7 Å². The van der Waals surface area contributed by atoms with Crippen LogP contribution < -0.4 is 14.7 Å². The summed E-state index contributed by atoms with van der Waals surface area (Å²) in [4.78, 5) is 13.3. The molecule has 1 heterocycles. The molecule has 280 valence electrons.